The van der Waals surface area contributed by atoms with Crippen LogP contribution in [0.3, 0.4) is 0 Å². The summed E-state index contributed by atoms with van der Waals surface area (Å²) in [7, 11) is 0. The molecule has 7 nitrogen and oxygen atoms in total. The number of hydrogen-bond acceptors (Lipinski definition) is 7. The smallest absolute Gasteiger partial charge is 0.338 e. The van der Waals surface area contributed by atoms with Gasteiger partial charge in [-0.25, -0.2) is 4.79 Å². The van der Waals surface area contributed by atoms with Gasteiger partial charge in [0.2, 0.25) is 11.2 Å². The number of aryl methyl sites for hydroxylation is 1. The number of carbonyl (C=O) groups excluding carboxylic acids is 2. The number of fused-ring (bicyclic) bond motifs is 1. The summed E-state index contributed by atoms with van der Waals surface area (Å²) in [5, 5.41) is 0.298. The molecule has 30 heavy (non-hydrogen) atoms. The molecule has 7 heteroatoms. The van der Waals surface area contributed by atoms with Gasteiger partial charge < -0.3 is 18.6 Å². The normalized spacial score (nSPS) is 10.6. The van der Waals surface area contributed by atoms with Gasteiger partial charge >= 0.3 is 11.9 Å². The number of ether oxygens (including phenoxy) is 3. The van der Waals surface area contributed by atoms with Crippen LogP contribution < -0.4 is 14.9 Å². The van der Waals surface area contributed by atoms with Crippen molar-refractivity contribution in [2.75, 3.05) is 6.61 Å². The van der Waals surface area contributed by atoms with Crippen LogP contribution in [0, 0.1) is 6.92 Å². The lowest BCUT2D eigenvalue weighted by Gasteiger charge is -2.10. The van der Waals surface area contributed by atoms with Crippen molar-refractivity contribution in [1.82, 2.24) is 0 Å². The van der Waals surface area contributed by atoms with Crippen molar-refractivity contribution in [1.29, 1.82) is 0 Å². The summed E-state index contributed by atoms with van der Waals surface area (Å²) in [6.45, 7) is 5.57. The van der Waals surface area contributed by atoms with E-state index in [0.717, 1.165) is 6.42 Å². The molecule has 0 atom stereocenters. The first-order chi connectivity index (χ1) is 14.4. The average molecular weight is 410 g/mol. The van der Waals surface area contributed by atoms with Gasteiger partial charge in [-0.05, 0) is 49.7 Å². The van der Waals surface area contributed by atoms with E-state index in [2.05, 4.69) is 0 Å². The van der Waals surface area contributed by atoms with E-state index in [9.17, 15) is 14.4 Å². The van der Waals surface area contributed by atoms with E-state index in [1.165, 1.54) is 18.2 Å². The molecule has 0 spiro atoms. The zero-order valence-electron chi connectivity index (χ0n) is 17.0. The zero-order chi connectivity index (χ0) is 21.7. The molecular formula is C23H22O7. The number of rotatable bonds is 7. The van der Waals surface area contributed by atoms with Crippen molar-refractivity contribution < 1.29 is 28.2 Å². The summed E-state index contributed by atoms with van der Waals surface area (Å²) in [4.78, 5) is 36.2. The Hall–Kier alpha value is -3.61. The molecular weight excluding hydrogens is 388 g/mol. The Labute approximate surface area is 173 Å². The van der Waals surface area contributed by atoms with Crippen molar-refractivity contribution in [2.24, 2.45) is 0 Å². The number of benzene rings is 2. The van der Waals surface area contributed by atoms with Crippen molar-refractivity contribution in [2.45, 2.75) is 33.6 Å². The van der Waals surface area contributed by atoms with Gasteiger partial charge in [-0.15, -0.1) is 0 Å². The highest BCUT2D eigenvalue weighted by molar-refractivity contribution is 5.89. The van der Waals surface area contributed by atoms with E-state index in [0.29, 0.717) is 34.6 Å². The van der Waals surface area contributed by atoms with Gasteiger partial charge in [-0.1, -0.05) is 13.8 Å². The Bertz CT molecular complexity index is 1130. The van der Waals surface area contributed by atoms with Crippen LogP contribution in [0.4, 0.5) is 0 Å². The molecule has 0 unspecified atom stereocenters. The number of carbonyl (C=O) groups is 2. The summed E-state index contributed by atoms with van der Waals surface area (Å²) < 4.78 is 21.7. The van der Waals surface area contributed by atoms with Crippen LogP contribution in [0.5, 0.6) is 17.2 Å². The monoisotopic (exact) mass is 410 g/mol. The molecule has 0 aliphatic rings. The molecule has 0 saturated heterocycles. The molecule has 0 saturated carbocycles. The molecule has 2 aromatic carbocycles. The third kappa shape index (κ3) is 4.68. The molecule has 3 rings (SSSR count). The topological polar surface area (TPSA) is 92.0 Å². The third-order valence-corrected chi connectivity index (χ3v) is 4.25. The summed E-state index contributed by atoms with van der Waals surface area (Å²) in [6, 6.07) is 10.9. The van der Waals surface area contributed by atoms with Gasteiger partial charge in [-0.3, -0.25) is 9.59 Å². The summed E-state index contributed by atoms with van der Waals surface area (Å²) >= 11 is 0. The predicted molar refractivity (Wildman–Crippen MR) is 110 cm³/mol. The molecule has 0 radical (unpaired) electrons. The minimum Gasteiger partial charge on any atom is -0.462 e. The fraction of sp³-hybridized carbons (Fsp3) is 0.261. The third-order valence-electron chi connectivity index (χ3n) is 4.25. The lowest BCUT2D eigenvalue weighted by molar-refractivity contribution is -0.134. The van der Waals surface area contributed by atoms with Crippen molar-refractivity contribution in [3.05, 3.63) is 64.0 Å². The lowest BCUT2D eigenvalue weighted by atomic mass is 10.2. The SMILES string of the molecule is CCCOC(=O)c1ccc(Oc2c(C)oc3cc(OC(=O)CC)ccc3c2=O)cc1. The molecule has 0 aliphatic heterocycles. The zero-order valence-corrected chi connectivity index (χ0v) is 17.0. The maximum atomic E-state index is 12.9. The molecule has 1 aromatic heterocycles. The second-order valence-corrected chi connectivity index (χ2v) is 6.56. The highest BCUT2D eigenvalue weighted by atomic mass is 16.5. The number of esters is 2. The lowest BCUT2D eigenvalue weighted by Crippen LogP contribution is -2.09. The van der Waals surface area contributed by atoms with Crippen LogP contribution in [0.2, 0.25) is 0 Å². The Kier molecular flexibility index (Phi) is 6.51. The van der Waals surface area contributed by atoms with Crippen LogP contribution in [-0.2, 0) is 9.53 Å². The molecule has 0 N–H and O–H groups in total. The first-order valence-corrected chi connectivity index (χ1v) is 9.66. The molecule has 0 aliphatic carbocycles. The maximum Gasteiger partial charge on any atom is 0.338 e. The van der Waals surface area contributed by atoms with Crippen molar-refractivity contribution in [3.63, 3.8) is 0 Å². The van der Waals surface area contributed by atoms with Gasteiger partial charge in [-0.2, -0.15) is 0 Å². The Morgan fingerprint density at radius 1 is 1.00 bits per heavy atom. The van der Waals surface area contributed by atoms with Crippen LogP contribution in [-0.4, -0.2) is 18.5 Å². The van der Waals surface area contributed by atoms with Gasteiger partial charge in [0.15, 0.2) is 0 Å². The standard InChI is InChI=1S/C23H22O7/c1-4-12-27-23(26)15-6-8-16(9-7-15)30-22-14(3)28-19-13-17(29-20(24)5-2)10-11-18(19)21(22)25/h6-11,13H,4-5,12H2,1-3H3. The molecule has 0 bridgehead atoms. The van der Waals surface area contributed by atoms with Gasteiger partial charge in [0.05, 0.1) is 17.6 Å². The van der Waals surface area contributed by atoms with E-state index in [-0.39, 0.29) is 29.3 Å². The van der Waals surface area contributed by atoms with Crippen LogP contribution in [0.15, 0.2) is 51.7 Å². The Morgan fingerprint density at radius 3 is 2.37 bits per heavy atom. The summed E-state index contributed by atoms with van der Waals surface area (Å²) in [6.07, 6.45) is 0.982. The quantitative estimate of drug-likeness (QED) is 0.409. The average Bonchev–Trinajstić information content (AvgIpc) is 2.75. The van der Waals surface area contributed by atoms with Crippen molar-refractivity contribution >= 4 is 22.9 Å². The van der Waals surface area contributed by atoms with E-state index < -0.39 is 5.97 Å². The predicted octanol–water partition coefficient (Wildman–Crippen LogP) is 4.78. The van der Waals surface area contributed by atoms with Crippen LogP contribution in [0.25, 0.3) is 11.0 Å². The minimum absolute atomic E-state index is 0.0436. The molecule has 0 fully saturated rings. The second kappa shape index (κ2) is 9.26. The maximum absolute atomic E-state index is 12.9. The fourth-order valence-electron chi connectivity index (χ4n) is 2.71. The highest BCUT2D eigenvalue weighted by Gasteiger charge is 2.16. The first kappa shape index (κ1) is 21.1. The van der Waals surface area contributed by atoms with Crippen LogP contribution in [0.1, 0.15) is 42.8 Å². The van der Waals surface area contributed by atoms with E-state index >= 15 is 0 Å². The first-order valence-electron chi connectivity index (χ1n) is 9.66. The molecule has 1 heterocycles. The summed E-state index contributed by atoms with van der Waals surface area (Å²) in [5.74, 6) is 0.209. The highest BCUT2D eigenvalue weighted by Crippen LogP contribution is 2.27. The molecule has 3 aromatic rings. The molecule has 0 amide bonds. The largest absolute Gasteiger partial charge is 0.462 e. The van der Waals surface area contributed by atoms with E-state index in [1.54, 1.807) is 38.1 Å². The second-order valence-electron chi connectivity index (χ2n) is 6.56. The Morgan fingerprint density at radius 2 is 1.70 bits per heavy atom. The van der Waals surface area contributed by atoms with Crippen molar-refractivity contribution in [3.8, 4) is 17.2 Å². The van der Waals surface area contributed by atoms with Gasteiger partial charge in [0.1, 0.15) is 22.8 Å². The molecule has 156 valence electrons. The minimum atomic E-state index is -0.413. The van der Waals surface area contributed by atoms with Gasteiger partial charge in [0, 0.05) is 12.5 Å². The van der Waals surface area contributed by atoms with E-state index in [4.69, 9.17) is 18.6 Å². The summed E-state index contributed by atoms with van der Waals surface area (Å²) in [5.41, 5.74) is 0.334. The fourth-order valence-corrected chi connectivity index (χ4v) is 2.71. The van der Waals surface area contributed by atoms with E-state index in [1.807, 2.05) is 6.92 Å². The van der Waals surface area contributed by atoms with Gasteiger partial charge in [0.25, 0.3) is 0 Å². The van der Waals surface area contributed by atoms with Crippen LogP contribution >= 0.6 is 0 Å². The number of hydrogen-bond donors (Lipinski definition) is 0. The Balaban J connectivity index is 1.86.